The van der Waals surface area contributed by atoms with Gasteiger partial charge in [-0.15, -0.1) is 0 Å². The van der Waals surface area contributed by atoms with Crippen LogP contribution in [0.25, 0.3) is 0 Å². The van der Waals surface area contributed by atoms with Crippen LogP contribution in [0.2, 0.25) is 0 Å². The van der Waals surface area contributed by atoms with Crippen molar-refractivity contribution in [2.75, 3.05) is 0 Å². The van der Waals surface area contributed by atoms with Crippen LogP contribution in [0.3, 0.4) is 0 Å². The molecule has 178 valence electrons. The van der Waals surface area contributed by atoms with Gasteiger partial charge in [0.2, 0.25) is 0 Å². The summed E-state index contributed by atoms with van der Waals surface area (Å²) in [5.74, 6) is 0. The smallest absolute Gasteiger partial charge is 0.251 e. The number of alkyl halides is 6. The predicted molar refractivity (Wildman–Crippen MR) is 120 cm³/mol. The molecule has 0 aliphatic heterocycles. The number of hydrogen-bond donors (Lipinski definition) is 0. The number of aliphatic imine (C=N–C) groups is 2. The molecule has 3 rings (SSSR count). The van der Waals surface area contributed by atoms with Gasteiger partial charge in [0.05, 0.1) is 45.3 Å². The number of nitrogens with zero attached hydrogens (tertiary/aromatic N) is 3. The number of benzene rings is 2. The van der Waals surface area contributed by atoms with Crippen molar-refractivity contribution in [3.8, 4) is 0 Å². The average molecular weight is 477 g/mol. The minimum absolute atomic E-state index is 0.208. The first-order valence-electron chi connectivity index (χ1n) is 10.2. The van der Waals surface area contributed by atoms with Crippen LogP contribution in [0, 0.1) is 13.8 Å². The largest absolute Gasteiger partial charge is 0.418 e. The maximum Gasteiger partial charge on any atom is 0.418 e. The Kier molecular flexibility index (Phi) is 6.95. The van der Waals surface area contributed by atoms with Crippen molar-refractivity contribution >= 4 is 22.8 Å². The second kappa shape index (κ2) is 9.40. The normalized spacial score (nSPS) is 13.4. The van der Waals surface area contributed by atoms with E-state index < -0.39 is 23.5 Å². The average Bonchev–Trinajstić information content (AvgIpc) is 2.75. The van der Waals surface area contributed by atoms with Crippen LogP contribution in [0.15, 0.2) is 64.6 Å². The zero-order valence-corrected chi connectivity index (χ0v) is 18.8. The summed E-state index contributed by atoms with van der Waals surface area (Å²) in [7, 11) is 0. The van der Waals surface area contributed by atoms with Crippen molar-refractivity contribution in [3.63, 3.8) is 0 Å². The van der Waals surface area contributed by atoms with Gasteiger partial charge in [0.25, 0.3) is 0 Å². The van der Waals surface area contributed by atoms with Crippen molar-refractivity contribution in [1.82, 2.24) is 4.98 Å². The van der Waals surface area contributed by atoms with E-state index in [1.807, 2.05) is 0 Å². The summed E-state index contributed by atoms with van der Waals surface area (Å²) in [5.41, 5.74) is -0.430. The molecule has 0 amide bonds. The Bertz CT molecular complexity index is 1180. The van der Waals surface area contributed by atoms with E-state index in [0.717, 1.165) is 12.1 Å². The number of hydrogen-bond acceptors (Lipinski definition) is 3. The number of pyridine rings is 1. The molecule has 3 aromatic rings. The van der Waals surface area contributed by atoms with E-state index in [1.54, 1.807) is 18.2 Å². The van der Waals surface area contributed by atoms with E-state index in [-0.39, 0.29) is 34.2 Å². The second-order valence-corrected chi connectivity index (χ2v) is 7.74. The minimum atomic E-state index is -4.58. The zero-order valence-electron chi connectivity index (χ0n) is 18.8. The predicted octanol–water partition coefficient (Wildman–Crippen LogP) is 8.02. The highest BCUT2D eigenvalue weighted by molar-refractivity contribution is 6.02. The number of rotatable bonds is 4. The molecule has 0 aliphatic rings. The van der Waals surface area contributed by atoms with Gasteiger partial charge in [0.1, 0.15) is 0 Å². The Hall–Kier alpha value is -3.49. The highest BCUT2D eigenvalue weighted by atomic mass is 19.4. The van der Waals surface area contributed by atoms with Gasteiger partial charge >= 0.3 is 12.4 Å². The molecule has 34 heavy (non-hydrogen) atoms. The Balaban J connectivity index is 2.05. The van der Waals surface area contributed by atoms with Crippen molar-refractivity contribution in [2.24, 2.45) is 9.98 Å². The molecule has 3 nitrogen and oxygen atoms in total. The van der Waals surface area contributed by atoms with Gasteiger partial charge in [0, 0.05) is 0 Å². The molecule has 0 saturated heterocycles. The lowest BCUT2D eigenvalue weighted by Crippen LogP contribution is -2.09. The first-order chi connectivity index (χ1) is 15.8. The lowest BCUT2D eigenvalue weighted by Gasteiger charge is -2.13. The Morgan fingerprint density at radius 1 is 0.618 bits per heavy atom. The standard InChI is InChI=1S/C25H21F6N3/c1-14-8-5-10-18(24(26,27)28)22(14)32-16(3)20-12-7-13-21(34-20)17(4)33-23-15(2)9-6-11-19(23)25(29,30)31/h5-13H,1-4H3. The summed E-state index contributed by atoms with van der Waals surface area (Å²) in [4.78, 5) is 12.8. The van der Waals surface area contributed by atoms with Crippen molar-refractivity contribution < 1.29 is 26.3 Å². The molecule has 0 unspecified atom stereocenters. The lowest BCUT2D eigenvalue weighted by atomic mass is 10.1. The number of aromatic nitrogens is 1. The van der Waals surface area contributed by atoms with E-state index in [2.05, 4.69) is 15.0 Å². The SMILES string of the molecule is CC(=Nc1c(C)cccc1C(F)(F)F)c1cccc(C(C)=Nc2c(C)cccc2C(F)(F)F)n1. The Labute approximate surface area is 192 Å². The maximum absolute atomic E-state index is 13.4. The number of halogens is 6. The molecule has 0 bridgehead atoms. The summed E-state index contributed by atoms with van der Waals surface area (Å²) in [6.07, 6.45) is -9.15. The molecule has 2 aromatic carbocycles. The topological polar surface area (TPSA) is 37.6 Å². The van der Waals surface area contributed by atoms with Gasteiger partial charge in [-0.3, -0.25) is 9.98 Å². The highest BCUT2D eigenvalue weighted by Crippen LogP contribution is 2.39. The first kappa shape index (κ1) is 25.1. The molecular weight excluding hydrogens is 456 g/mol. The number of aryl methyl sites for hydroxylation is 2. The maximum atomic E-state index is 13.4. The zero-order chi connectivity index (χ0) is 25.3. The van der Waals surface area contributed by atoms with Crippen molar-refractivity contribution in [1.29, 1.82) is 0 Å². The minimum Gasteiger partial charge on any atom is -0.251 e. The third-order valence-corrected chi connectivity index (χ3v) is 5.14. The molecule has 0 spiro atoms. The molecule has 0 atom stereocenters. The summed E-state index contributed by atoms with van der Waals surface area (Å²) < 4.78 is 80.6. The van der Waals surface area contributed by atoms with Crippen LogP contribution in [0.4, 0.5) is 37.7 Å². The van der Waals surface area contributed by atoms with E-state index >= 15 is 0 Å². The van der Waals surface area contributed by atoms with Crippen LogP contribution >= 0.6 is 0 Å². The second-order valence-electron chi connectivity index (χ2n) is 7.74. The molecule has 0 N–H and O–H groups in total. The molecule has 0 fully saturated rings. The van der Waals surface area contributed by atoms with Crippen LogP contribution < -0.4 is 0 Å². The van der Waals surface area contributed by atoms with Crippen molar-refractivity contribution in [3.05, 3.63) is 88.2 Å². The monoisotopic (exact) mass is 477 g/mol. The van der Waals surface area contributed by atoms with Crippen LogP contribution in [-0.4, -0.2) is 16.4 Å². The Morgan fingerprint density at radius 2 is 0.971 bits per heavy atom. The van der Waals surface area contributed by atoms with Crippen LogP contribution in [-0.2, 0) is 12.4 Å². The lowest BCUT2D eigenvalue weighted by molar-refractivity contribution is -0.137. The van der Waals surface area contributed by atoms with Gasteiger partial charge < -0.3 is 0 Å². The number of para-hydroxylation sites is 2. The van der Waals surface area contributed by atoms with Gasteiger partial charge in [-0.1, -0.05) is 30.3 Å². The van der Waals surface area contributed by atoms with Gasteiger partial charge in [-0.25, -0.2) is 4.98 Å². The fourth-order valence-electron chi connectivity index (χ4n) is 3.36. The van der Waals surface area contributed by atoms with Gasteiger partial charge in [0.15, 0.2) is 0 Å². The fraction of sp³-hybridized carbons (Fsp3) is 0.240. The van der Waals surface area contributed by atoms with E-state index in [4.69, 9.17) is 0 Å². The van der Waals surface area contributed by atoms with E-state index in [9.17, 15) is 26.3 Å². The summed E-state index contributed by atoms with van der Waals surface area (Å²) in [5, 5.41) is 0. The molecule has 0 radical (unpaired) electrons. The molecular formula is C25H21F6N3. The third-order valence-electron chi connectivity index (χ3n) is 5.14. The molecule has 0 saturated carbocycles. The van der Waals surface area contributed by atoms with E-state index in [1.165, 1.54) is 52.0 Å². The quantitative estimate of drug-likeness (QED) is 0.277. The highest BCUT2D eigenvalue weighted by Gasteiger charge is 2.35. The third kappa shape index (κ3) is 5.52. The van der Waals surface area contributed by atoms with Crippen molar-refractivity contribution in [2.45, 2.75) is 40.0 Å². The molecule has 1 heterocycles. The van der Waals surface area contributed by atoms with Gasteiger partial charge in [-0.2, -0.15) is 26.3 Å². The Morgan fingerprint density at radius 3 is 1.32 bits per heavy atom. The van der Waals surface area contributed by atoms with Gasteiger partial charge in [-0.05, 0) is 63.1 Å². The van der Waals surface area contributed by atoms with E-state index in [0.29, 0.717) is 11.1 Å². The summed E-state index contributed by atoms with van der Waals surface area (Å²) >= 11 is 0. The first-order valence-corrected chi connectivity index (χ1v) is 10.2. The fourth-order valence-corrected chi connectivity index (χ4v) is 3.36. The summed E-state index contributed by atoms with van der Waals surface area (Å²) in [6, 6.07) is 12.3. The van der Waals surface area contributed by atoms with Crippen LogP contribution in [0.1, 0.15) is 47.5 Å². The van der Waals surface area contributed by atoms with Crippen LogP contribution in [0.5, 0.6) is 0 Å². The summed E-state index contributed by atoms with van der Waals surface area (Å²) in [6.45, 7) is 6.10. The molecule has 0 aliphatic carbocycles. The molecule has 1 aromatic heterocycles. The molecule has 9 heteroatoms.